The number of carbonyl (C=O) groups is 1. The quantitative estimate of drug-likeness (QED) is 0.776. The molecule has 0 bridgehead atoms. The van der Waals surface area contributed by atoms with Crippen LogP contribution in [0.3, 0.4) is 0 Å². The Morgan fingerprint density at radius 1 is 1.18 bits per heavy atom. The van der Waals surface area contributed by atoms with Gasteiger partial charge >= 0.3 is 0 Å². The van der Waals surface area contributed by atoms with E-state index < -0.39 is 15.6 Å². The molecule has 0 aromatic heterocycles. The molecule has 0 unspecified atom stereocenters. The smallest absolute Gasteiger partial charge is 0.257 e. The van der Waals surface area contributed by atoms with E-state index in [4.69, 9.17) is 9.47 Å². The molecule has 1 fully saturated rings. The van der Waals surface area contributed by atoms with E-state index in [9.17, 15) is 13.2 Å². The van der Waals surface area contributed by atoms with Crippen LogP contribution in [0, 0.1) is 5.41 Å². The molecular formula is C20H32N2O5S. The van der Waals surface area contributed by atoms with Crippen molar-refractivity contribution in [2.24, 2.45) is 5.41 Å². The summed E-state index contributed by atoms with van der Waals surface area (Å²) < 4.78 is 39.3. The number of carbonyl (C=O) groups excluding carboxylic acids is 1. The molecule has 1 saturated heterocycles. The Bertz CT molecular complexity index is 806. The summed E-state index contributed by atoms with van der Waals surface area (Å²) in [6, 6.07) is 4.38. The van der Waals surface area contributed by atoms with Crippen LogP contribution in [0.1, 0.15) is 51.4 Å². The van der Waals surface area contributed by atoms with E-state index in [1.807, 2.05) is 13.8 Å². The van der Waals surface area contributed by atoms with Crippen molar-refractivity contribution >= 4 is 15.9 Å². The number of ether oxygens (including phenoxy) is 2. The molecule has 1 aromatic carbocycles. The lowest BCUT2D eigenvalue weighted by Gasteiger charge is -2.33. The van der Waals surface area contributed by atoms with Gasteiger partial charge in [-0.05, 0) is 43.9 Å². The third-order valence-corrected chi connectivity index (χ3v) is 6.09. The lowest BCUT2D eigenvalue weighted by Crippen LogP contribution is -2.45. The Hall–Kier alpha value is -1.64. The van der Waals surface area contributed by atoms with Crippen molar-refractivity contribution in [3.63, 3.8) is 0 Å². The third kappa shape index (κ3) is 5.93. The lowest BCUT2D eigenvalue weighted by molar-refractivity contribution is 0.0300. The van der Waals surface area contributed by atoms with Gasteiger partial charge in [-0.2, -0.15) is 0 Å². The van der Waals surface area contributed by atoms with E-state index in [1.165, 1.54) is 25.3 Å². The van der Waals surface area contributed by atoms with Crippen molar-refractivity contribution in [1.82, 2.24) is 9.62 Å². The van der Waals surface area contributed by atoms with Gasteiger partial charge in [0.2, 0.25) is 10.0 Å². The van der Waals surface area contributed by atoms with Crippen molar-refractivity contribution in [3.05, 3.63) is 23.8 Å². The monoisotopic (exact) mass is 412 g/mol. The molecule has 1 N–H and O–H groups in total. The van der Waals surface area contributed by atoms with E-state index in [1.54, 1.807) is 4.90 Å². The summed E-state index contributed by atoms with van der Waals surface area (Å²) in [6.07, 6.45) is 0.662. The molecule has 1 aliphatic rings. The minimum Gasteiger partial charge on any atom is -0.496 e. The molecule has 0 atom stereocenters. The minimum absolute atomic E-state index is 0.0383. The average molecular weight is 413 g/mol. The second-order valence-corrected chi connectivity index (χ2v) is 10.7. The third-order valence-electron chi connectivity index (χ3n) is 4.39. The number of methoxy groups -OCH3 is 1. The fourth-order valence-corrected chi connectivity index (χ4v) is 5.18. The fourth-order valence-electron chi connectivity index (χ4n) is 3.74. The first-order chi connectivity index (χ1) is 12.8. The summed E-state index contributed by atoms with van der Waals surface area (Å²) in [5.74, 6) is 0.0931. The number of sulfonamides is 1. The van der Waals surface area contributed by atoms with Crippen LogP contribution in [0.5, 0.6) is 5.75 Å². The zero-order valence-corrected chi connectivity index (χ0v) is 18.5. The van der Waals surface area contributed by atoms with Crippen LogP contribution < -0.4 is 9.46 Å². The lowest BCUT2D eigenvalue weighted by atomic mass is 9.82. The number of nitrogens with zero attached hydrogens (tertiary/aromatic N) is 1. The molecule has 0 saturated carbocycles. The summed E-state index contributed by atoms with van der Waals surface area (Å²) in [5, 5.41) is 0. The minimum atomic E-state index is -3.80. The summed E-state index contributed by atoms with van der Waals surface area (Å²) in [6.45, 7) is 11.8. The molecule has 7 nitrogen and oxygen atoms in total. The highest BCUT2D eigenvalue weighted by Gasteiger charge is 2.31. The van der Waals surface area contributed by atoms with E-state index in [-0.39, 0.29) is 21.8 Å². The molecule has 1 aliphatic heterocycles. The van der Waals surface area contributed by atoms with Crippen LogP contribution in [0.2, 0.25) is 0 Å². The van der Waals surface area contributed by atoms with Crippen LogP contribution in [-0.2, 0) is 14.8 Å². The number of hydrogen-bond acceptors (Lipinski definition) is 5. The predicted octanol–water partition coefficient (Wildman–Crippen LogP) is 2.66. The second kappa shape index (κ2) is 8.39. The zero-order valence-electron chi connectivity index (χ0n) is 17.7. The summed E-state index contributed by atoms with van der Waals surface area (Å²) in [7, 11) is -2.34. The highest BCUT2D eigenvalue weighted by molar-refractivity contribution is 7.89. The Morgan fingerprint density at radius 2 is 1.79 bits per heavy atom. The summed E-state index contributed by atoms with van der Waals surface area (Å²) in [4.78, 5) is 14.6. The van der Waals surface area contributed by atoms with Gasteiger partial charge in [-0.25, -0.2) is 13.1 Å². The van der Waals surface area contributed by atoms with Gasteiger partial charge in [0.1, 0.15) is 5.75 Å². The first kappa shape index (κ1) is 22.6. The van der Waals surface area contributed by atoms with Crippen LogP contribution >= 0.6 is 0 Å². The normalized spacial score (nSPS) is 16.1. The SMILES string of the molecule is COc1ccc(S(=O)(=O)NC(C)(C)CC(C)(C)C)cc1C(=O)N1CCOCC1. The maximum Gasteiger partial charge on any atom is 0.257 e. The van der Waals surface area contributed by atoms with E-state index in [2.05, 4.69) is 25.5 Å². The van der Waals surface area contributed by atoms with Gasteiger partial charge in [0.25, 0.3) is 5.91 Å². The first-order valence-corrected chi connectivity index (χ1v) is 10.9. The highest BCUT2D eigenvalue weighted by Crippen LogP contribution is 2.29. The summed E-state index contributed by atoms with van der Waals surface area (Å²) in [5.41, 5.74) is -0.435. The molecule has 1 heterocycles. The molecule has 0 spiro atoms. The van der Waals surface area contributed by atoms with Crippen molar-refractivity contribution < 1.29 is 22.7 Å². The maximum absolute atomic E-state index is 13.0. The van der Waals surface area contributed by atoms with Crippen molar-refractivity contribution in [2.45, 2.75) is 51.5 Å². The Kier molecular flexibility index (Phi) is 6.78. The standard InChI is InChI=1S/C20H32N2O5S/c1-19(2,3)14-20(4,5)21-28(24,25)15-7-8-17(26-6)16(13-15)18(23)22-9-11-27-12-10-22/h7-8,13,21H,9-12,14H2,1-6H3. The molecule has 1 amide bonds. The second-order valence-electron chi connectivity index (χ2n) is 8.99. The molecular weight excluding hydrogens is 380 g/mol. The highest BCUT2D eigenvalue weighted by atomic mass is 32.2. The molecule has 2 rings (SSSR count). The molecule has 8 heteroatoms. The van der Waals surface area contributed by atoms with E-state index in [0.717, 1.165) is 0 Å². The number of morpholine rings is 1. The Morgan fingerprint density at radius 3 is 2.32 bits per heavy atom. The van der Waals surface area contributed by atoms with Crippen LogP contribution in [0.4, 0.5) is 0 Å². The van der Waals surface area contributed by atoms with Crippen molar-refractivity contribution in [1.29, 1.82) is 0 Å². The topological polar surface area (TPSA) is 84.9 Å². The van der Waals surface area contributed by atoms with E-state index in [0.29, 0.717) is 38.5 Å². The van der Waals surface area contributed by atoms with Crippen LogP contribution in [0.25, 0.3) is 0 Å². The van der Waals surface area contributed by atoms with Gasteiger partial charge in [0.15, 0.2) is 0 Å². The number of nitrogens with one attached hydrogen (secondary N) is 1. The molecule has 1 aromatic rings. The van der Waals surface area contributed by atoms with Crippen LogP contribution in [-0.4, -0.2) is 58.2 Å². The van der Waals surface area contributed by atoms with Crippen molar-refractivity contribution in [2.75, 3.05) is 33.4 Å². The largest absolute Gasteiger partial charge is 0.496 e. The molecule has 0 aliphatic carbocycles. The first-order valence-electron chi connectivity index (χ1n) is 9.44. The average Bonchev–Trinajstić information content (AvgIpc) is 2.58. The number of rotatable bonds is 6. The Labute approximate surface area is 168 Å². The van der Waals surface area contributed by atoms with Crippen LogP contribution in [0.15, 0.2) is 23.1 Å². The molecule has 0 radical (unpaired) electrons. The summed E-state index contributed by atoms with van der Waals surface area (Å²) >= 11 is 0. The fraction of sp³-hybridized carbons (Fsp3) is 0.650. The van der Waals surface area contributed by atoms with E-state index >= 15 is 0 Å². The van der Waals surface area contributed by atoms with Gasteiger partial charge in [-0.15, -0.1) is 0 Å². The zero-order chi connectivity index (χ0) is 21.2. The number of hydrogen-bond donors (Lipinski definition) is 1. The maximum atomic E-state index is 13.0. The predicted molar refractivity (Wildman–Crippen MR) is 108 cm³/mol. The number of benzene rings is 1. The van der Waals surface area contributed by atoms with Gasteiger partial charge < -0.3 is 14.4 Å². The number of amides is 1. The van der Waals surface area contributed by atoms with Gasteiger partial charge in [0, 0.05) is 18.6 Å². The van der Waals surface area contributed by atoms with Gasteiger partial charge in [0.05, 0.1) is 30.8 Å². The Balaban J connectivity index is 2.33. The molecule has 28 heavy (non-hydrogen) atoms. The van der Waals surface area contributed by atoms with Gasteiger partial charge in [-0.3, -0.25) is 4.79 Å². The van der Waals surface area contributed by atoms with Crippen molar-refractivity contribution in [3.8, 4) is 5.75 Å². The molecule has 158 valence electrons. The van der Waals surface area contributed by atoms with Gasteiger partial charge in [-0.1, -0.05) is 20.8 Å².